The first kappa shape index (κ1) is 15.7. The third kappa shape index (κ3) is 2.04. The van der Waals surface area contributed by atoms with E-state index < -0.39 is 24.4 Å². The Bertz CT molecular complexity index is 1070. The molecule has 0 unspecified atom stereocenters. The van der Waals surface area contributed by atoms with Crippen LogP contribution >= 0.6 is 0 Å². The fourth-order valence-corrected chi connectivity index (χ4v) is 4.18. The maximum absolute atomic E-state index is 10.6. The highest BCUT2D eigenvalue weighted by Crippen LogP contribution is 2.46. The van der Waals surface area contributed by atoms with Crippen molar-refractivity contribution in [2.45, 2.75) is 24.4 Å². The van der Waals surface area contributed by atoms with Crippen LogP contribution in [0.1, 0.15) is 40.6 Å². The molecule has 4 N–H and O–H groups in total. The highest BCUT2D eigenvalue weighted by atomic mass is 16.3. The van der Waals surface area contributed by atoms with Gasteiger partial charge in [0.1, 0.15) is 24.4 Å². The van der Waals surface area contributed by atoms with E-state index in [9.17, 15) is 20.4 Å². The van der Waals surface area contributed by atoms with Crippen molar-refractivity contribution in [3.05, 3.63) is 76.9 Å². The largest absolute Gasteiger partial charge is 0.386 e. The summed E-state index contributed by atoms with van der Waals surface area (Å²) < 4.78 is 0. The number of hydrogen-bond acceptors (Lipinski definition) is 4. The molecule has 4 atom stereocenters. The van der Waals surface area contributed by atoms with E-state index in [1.165, 1.54) is 0 Å². The number of hydrogen-bond donors (Lipinski definition) is 4. The van der Waals surface area contributed by atoms with E-state index in [0.717, 1.165) is 27.5 Å². The molecule has 0 saturated heterocycles. The van der Waals surface area contributed by atoms with Crippen molar-refractivity contribution >= 4 is 16.8 Å². The molecule has 4 nitrogen and oxygen atoms in total. The molecule has 0 aliphatic heterocycles. The number of aliphatic hydroxyl groups is 4. The maximum Gasteiger partial charge on any atom is 0.110 e. The zero-order valence-electron chi connectivity index (χ0n) is 13.9. The molecule has 0 amide bonds. The number of rotatable bonds is 0. The number of aliphatic hydroxyl groups excluding tert-OH is 4. The summed E-state index contributed by atoms with van der Waals surface area (Å²) >= 11 is 0. The zero-order chi connectivity index (χ0) is 18.0. The van der Waals surface area contributed by atoms with Gasteiger partial charge in [0.25, 0.3) is 0 Å². The summed E-state index contributed by atoms with van der Waals surface area (Å²) in [6.45, 7) is 0. The molecule has 3 aromatic carbocycles. The minimum absolute atomic E-state index is 0.692. The van der Waals surface area contributed by atoms with Gasteiger partial charge in [0.2, 0.25) is 0 Å². The molecule has 0 saturated carbocycles. The zero-order valence-corrected chi connectivity index (χ0v) is 13.9. The van der Waals surface area contributed by atoms with Crippen molar-refractivity contribution < 1.29 is 20.4 Å². The molecular formula is C22H18O4. The van der Waals surface area contributed by atoms with Gasteiger partial charge in [0.05, 0.1) is 0 Å². The topological polar surface area (TPSA) is 80.9 Å². The average molecular weight is 346 g/mol. The van der Waals surface area contributed by atoms with E-state index >= 15 is 0 Å². The predicted molar refractivity (Wildman–Crippen MR) is 99.3 cm³/mol. The van der Waals surface area contributed by atoms with Crippen LogP contribution in [0.4, 0.5) is 0 Å². The summed E-state index contributed by atoms with van der Waals surface area (Å²) in [6.07, 6.45) is -0.362. The molecule has 0 aromatic heterocycles. The van der Waals surface area contributed by atoms with Crippen LogP contribution in [-0.4, -0.2) is 26.5 Å². The van der Waals surface area contributed by atoms with Gasteiger partial charge < -0.3 is 20.4 Å². The van der Waals surface area contributed by atoms with Crippen LogP contribution < -0.4 is 0 Å². The molecule has 5 rings (SSSR count). The fourth-order valence-electron chi connectivity index (χ4n) is 4.18. The minimum atomic E-state index is -0.983. The SMILES string of the molecule is O[C@@H]1c2ccccc2-c2cc3c4c(ccc3cc2[C@H]1O)[C@H](O)[C@@H](O)C=C4. The van der Waals surface area contributed by atoms with Crippen molar-refractivity contribution in [1.29, 1.82) is 0 Å². The van der Waals surface area contributed by atoms with Gasteiger partial charge in [-0.25, -0.2) is 0 Å². The molecule has 2 aliphatic carbocycles. The Morgan fingerprint density at radius 2 is 1.42 bits per heavy atom. The molecule has 0 fully saturated rings. The molecule has 0 spiro atoms. The van der Waals surface area contributed by atoms with Gasteiger partial charge >= 0.3 is 0 Å². The normalized spacial score (nSPS) is 26.3. The Morgan fingerprint density at radius 3 is 2.27 bits per heavy atom. The van der Waals surface area contributed by atoms with Gasteiger partial charge in [-0.1, -0.05) is 48.6 Å². The van der Waals surface area contributed by atoms with E-state index in [1.54, 1.807) is 12.1 Å². The Balaban J connectivity index is 1.83. The van der Waals surface area contributed by atoms with Crippen LogP contribution in [0.5, 0.6) is 0 Å². The second kappa shape index (κ2) is 5.50. The fraction of sp³-hybridized carbons (Fsp3) is 0.182. The smallest absolute Gasteiger partial charge is 0.110 e. The molecule has 2 aliphatic rings. The second-order valence-corrected chi connectivity index (χ2v) is 7.00. The van der Waals surface area contributed by atoms with E-state index in [-0.39, 0.29) is 0 Å². The van der Waals surface area contributed by atoms with Gasteiger partial charge in [-0.3, -0.25) is 0 Å². The lowest BCUT2D eigenvalue weighted by atomic mass is 9.79. The standard InChI is InChI=1S/C22H18O4/c23-19-8-7-13-15(20(19)24)6-5-11-9-18-17(10-16(11)13)12-3-1-2-4-14(12)21(25)22(18)26/h1-10,19-26H/t19-,20-,21+,22+/m0/s1. The van der Waals surface area contributed by atoms with Gasteiger partial charge in [-0.15, -0.1) is 0 Å². The summed E-state index contributed by atoms with van der Waals surface area (Å²) in [5.41, 5.74) is 4.76. The lowest BCUT2D eigenvalue weighted by Gasteiger charge is -2.30. The van der Waals surface area contributed by atoms with Crippen molar-refractivity contribution in [3.8, 4) is 11.1 Å². The van der Waals surface area contributed by atoms with Gasteiger partial charge in [0.15, 0.2) is 0 Å². The summed E-state index contributed by atoms with van der Waals surface area (Å²) in [4.78, 5) is 0. The first-order valence-electron chi connectivity index (χ1n) is 8.66. The minimum Gasteiger partial charge on any atom is -0.386 e. The Labute approximate surface area is 150 Å². The lowest BCUT2D eigenvalue weighted by molar-refractivity contribution is 0.0159. The van der Waals surface area contributed by atoms with Gasteiger partial charge in [-0.05, 0) is 56.3 Å². The number of fused-ring (bicyclic) bond motifs is 6. The van der Waals surface area contributed by atoms with Crippen molar-refractivity contribution in [2.24, 2.45) is 0 Å². The van der Waals surface area contributed by atoms with Crippen molar-refractivity contribution in [2.75, 3.05) is 0 Å². The van der Waals surface area contributed by atoms with Crippen molar-refractivity contribution in [1.82, 2.24) is 0 Å². The summed E-state index contributed by atoms with van der Waals surface area (Å²) in [5.74, 6) is 0. The molecule has 3 aromatic rings. The van der Waals surface area contributed by atoms with Crippen LogP contribution in [0, 0.1) is 0 Å². The van der Waals surface area contributed by atoms with Crippen LogP contribution in [0.25, 0.3) is 28.0 Å². The third-order valence-electron chi connectivity index (χ3n) is 5.55. The van der Waals surface area contributed by atoms with E-state index in [2.05, 4.69) is 0 Å². The Hall–Kier alpha value is -2.50. The highest BCUT2D eigenvalue weighted by Gasteiger charge is 2.32. The predicted octanol–water partition coefficient (Wildman–Crippen LogP) is 3.01. The second-order valence-electron chi connectivity index (χ2n) is 7.00. The van der Waals surface area contributed by atoms with Crippen LogP contribution in [0.3, 0.4) is 0 Å². The molecule has 0 heterocycles. The average Bonchev–Trinajstić information content (AvgIpc) is 2.67. The van der Waals surface area contributed by atoms with Crippen LogP contribution in [-0.2, 0) is 0 Å². The Morgan fingerprint density at radius 1 is 0.654 bits per heavy atom. The summed E-state index contributed by atoms with van der Waals surface area (Å²) in [5, 5.41) is 43.1. The van der Waals surface area contributed by atoms with Crippen LogP contribution in [0.15, 0.2) is 54.6 Å². The summed E-state index contributed by atoms with van der Waals surface area (Å²) in [7, 11) is 0. The van der Waals surface area contributed by atoms with E-state index in [1.807, 2.05) is 48.5 Å². The maximum atomic E-state index is 10.6. The van der Waals surface area contributed by atoms with E-state index in [4.69, 9.17) is 0 Å². The third-order valence-corrected chi connectivity index (χ3v) is 5.55. The molecule has 4 heteroatoms. The van der Waals surface area contributed by atoms with Gasteiger partial charge in [0, 0.05) is 0 Å². The van der Waals surface area contributed by atoms with E-state index in [0.29, 0.717) is 16.7 Å². The lowest BCUT2D eigenvalue weighted by Crippen LogP contribution is -2.20. The van der Waals surface area contributed by atoms with Gasteiger partial charge in [-0.2, -0.15) is 0 Å². The summed E-state index contributed by atoms with van der Waals surface area (Å²) in [6, 6.07) is 15.1. The monoisotopic (exact) mass is 346 g/mol. The molecule has 0 bridgehead atoms. The number of benzene rings is 3. The highest BCUT2D eigenvalue weighted by molar-refractivity contribution is 5.97. The quantitative estimate of drug-likeness (QED) is 0.504. The first-order valence-corrected chi connectivity index (χ1v) is 8.66. The molecule has 0 radical (unpaired) electrons. The Kier molecular flexibility index (Phi) is 3.33. The first-order chi connectivity index (χ1) is 12.6. The molecule has 26 heavy (non-hydrogen) atoms. The molecular weight excluding hydrogens is 328 g/mol. The van der Waals surface area contributed by atoms with Crippen LogP contribution in [0.2, 0.25) is 0 Å². The molecule has 130 valence electrons. The van der Waals surface area contributed by atoms with Crippen molar-refractivity contribution in [3.63, 3.8) is 0 Å².